The van der Waals surface area contributed by atoms with Crippen LogP contribution in [0.5, 0.6) is 0 Å². The van der Waals surface area contributed by atoms with Crippen LogP contribution in [0.3, 0.4) is 0 Å². The maximum absolute atomic E-state index is 5.87. The second-order valence-corrected chi connectivity index (χ2v) is 3.15. The van der Waals surface area contributed by atoms with E-state index in [4.69, 9.17) is 11.6 Å². The third kappa shape index (κ3) is 1.10. The van der Waals surface area contributed by atoms with Crippen LogP contribution in [-0.4, -0.2) is 9.97 Å². The number of H-pyrrole nitrogens is 1. The van der Waals surface area contributed by atoms with Crippen LogP contribution in [0.4, 0.5) is 0 Å². The van der Waals surface area contributed by atoms with Crippen molar-refractivity contribution in [3.05, 3.63) is 23.5 Å². The standard InChI is InChI=1S/C7H5ClN2S/c8-5-1-4(11)2-6-7(5)10-3-9-6/h1-3,11H,(H,9,10). The van der Waals surface area contributed by atoms with Crippen molar-refractivity contribution in [2.24, 2.45) is 0 Å². The average molecular weight is 185 g/mol. The second-order valence-electron chi connectivity index (χ2n) is 2.23. The van der Waals surface area contributed by atoms with Gasteiger partial charge in [0, 0.05) is 4.90 Å². The molecule has 0 bridgehead atoms. The minimum atomic E-state index is 0.633. The van der Waals surface area contributed by atoms with Crippen LogP contribution in [0.1, 0.15) is 0 Å². The van der Waals surface area contributed by atoms with E-state index in [0.29, 0.717) is 5.02 Å². The minimum Gasteiger partial charge on any atom is -0.345 e. The highest BCUT2D eigenvalue weighted by molar-refractivity contribution is 7.80. The summed E-state index contributed by atoms with van der Waals surface area (Å²) in [6.45, 7) is 0. The third-order valence-corrected chi connectivity index (χ3v) is 2.01. The molecule has 0 saturated carbocycles. The first kappa shape index (κ1) is 7.00. The van der Waals surface area contributed by atoms with Crippen molar-refractivity contribution in [2.75, 3.05) is 0 Å². The molecule has 1 heterocycles. The first-order chi connectivity index (χ1) is 5.27. The van der Waals surface area contributed by atoms with E-state index in [9.17, 15) is 0 Å². The van der Waals surface area contributed by atoms with Gasteiger partial charge in [0.1, 0.15) is 5.52 Å². The Hall–Kier alpha value is -0.670. The summed E-state index contributed by atoms with van der Waals surface area (Å²) in [5.41, 5.74) is 1.71. The van der Waals surface area contributed by atoms with Crippen LogP contribution >= 0.6 is 24.2 Å². The quantitative estimate of drug-likeness (QED) is 0.606. The fourth-order valence-electron chi connectivity index (χ4n) is 0.992. The number of hydrogen-bond acceptors (Lipinski definition) is 2. The molecule has 0 atom stereocenters. The molecule has 1 aromatic carbocycles. The Kier molecular flexibility index (Phi) is 1.55. The van der Waals surface area contributed by atoms with Gasteiger partial charge >= 0.3 is 0 Å². The molecule has 0 aliphatic heterocycles. The van der Waals surface area contributed by atoms with Gasteiger partial charge in [-0.3, -0.25) is 0 Å². The lowest BCUT2D eigenvalue weighted by molar-refractivity contribution is 1.34. The van der Waals surface area contributed by atoms with E-state index in [1.165, 1.54) is 0 Å². The lowest BCUT2D eigenvalue weighted by atomic mass is 10.3. The van der Waals surface area contributed by atoms with Gasteiger partial charge < -0.3 is 4.98 Å². The summed E-state index contributed by atoms with van der Waals surface area (Å²) < 4.78 is 0. The maximum atomic E-state index is 5.87. The predicted molar refractivity (Wildman–Crippen MR) is 48.4 cm³/mol. The molecular formula is C7H5ClN2S. The van der Waals surface area contributed by atoms with Gasteiger partial charge in [-0.1, -0.05) is 11.6 Å². The van der Waals surface area contributed by atoms with Crippen molar-refractivity contribution >= 4 is 35.3 Å². The first-order valence-electron chi connectivity index (χ1n) is 3.09. The van der Waals surface area contributed by atoms with Crippen molar-refractivity contribution in [3.63, 3.8) is 0 Å². The molecule has 56 valence electrons. The van der Waals surface area contributed by atoms with Crippen LogP contribution in [0.25, 0.3) is 11.0 Å². The van der Waals surface area contributed by atoms with Gasteiger partial charge in [-0.15, -0.1) is 12.6 Å². The number of rotatable bonds is 0. The number of thiol groups is 1. The SMILES string of the molecule is Sc1cc(Cl)c2nc[nH]c2c1. The molecule has 0 amide bonds. The Morgan fingerprint density at radius 3 is 3.09 bits per heavy atom. The summed E-state index contributed by atoms with van der Waals surface area (Å²) >= 11 is 10.0. The summed E-state index contributed by atoms with van der Waals surface area (Å²) in [7, 11) is 0. The van der Waals surface area contributed by atoms with Crippen molar-refractivity contribution < 1.29 is 0 Å². The van der Waals surface area contributed by atoms with E-state index in [0.717, 1.165) is 15.9 Å². The van der Waals surface area contributed by atoms with Crippen LogP contribution in [0.2, 0.25) is 5.02 Å². The predicted octanol–water partition coefficient (Wildman–Crippen LogP) is 2.51. The number of imidazole rings is 1. The molecule has 0 saturated heterocycles. The maximum Gasteiger partial charge on any atom is 0.107 e. The Bertz CT molecular complexity index is 396. The number of halogens is 1. The van der Waals surface area contributed by atoms with Crippen molar-refractivity contribution in [3.8, 4) is 0 Å². The van der Waals surface area contributed by atoms with E-state index in [1.807, 2.05) is 6.07 Å². The summed E-state index contributed by atoms with van der Waals surface area (Å²) in [6.07, 6.45) is 1.61. The molecule has 2 nitrogen and oxygen atoms in total. The summed E-state index contributed by atoms with van der Waals surface area (Å²) in [6, 6.07) is 3.66. The zero-order valence-electron chi connectivity index (χ0n) is 5.50. The van der Waals surface area contributed by atoms with Gasteiger partial charge in [0.25, 0.3) is 0 Å². The molecule has 2 aromatic rings. The summed E-state index contributed by atoms with van der Waals surface area (Å²) in [4.78, 5) is 7.83. The summed E-state index contributed by atoms with van der Waals surface area (Å²) in [5.74, 6) is 0. The Morgan fingerprint density at radius 1 is 1.45 bits per heavy atom. The van der Waals surface area contributed by atoms with Crippen molar-refractivity contribution in [1.29, 1.82) is 0 Å². The molecule has 0 aliphatic carbocycles. The Labute approximate surface area is 74.0 Å². The number of fused-ring (bicyclic) bond motifs is 1. The van der Waals surface area contributed by atoms with E-state index in [2.05, 4.69) is 22.6 Å². The number of hydrogen-bond donors (Lipinski definition) is 2. The van der Waals surface area contributed by atoms with Gasteiger partial charge in [0.2, 0.25) is 0 Å². The highest BCUT2D eigenvalue weighted by Crippen LogP contribution is 2.23. The smallest absolute Gasteiger partial charge is 0.107 e. The molecule has 11 heavy (non-hydrogen) atoms. The number of nitrogens with one attached hydrogen (secondary N) is 1. The van der Waals surface area contributed by atoms with Crippen LogP contribution < -0.4 is 0 Å². The highest BCUT2D eigenvalue weighted by atomic mass is 35.5. The van der Waals surface area contributed by atoms with Crippen molar-refractivity contribution in [2.45, 2.75) is 4.90 Å². The third-order valence-electron chi connectivity index (χ3n) is 1.46. The van der Waals surface area contributed by atoms with Gasteiger partial charge in [-0.25, -0.2) is 4.98 Å². The average Bonchev–Trinajstić information content (AvgIpc) is 2.34. The topological polar surface area (TPSA) is 28.7 Å². The van der Waals surface area contributed by atoms with E-state index < -0.39 is 0 Å². The normalized spacial score (nSPS) is 10.7. The molecule has 0 unspecified atom stereocenters. The van der Waals surface area contributed by atoms with E-state index in [-0.39, 0.29) is 0 Å². The molecule has 0 fully saturated rings. The highest BCUT2D eigenvalue weighted by Gasteiger charge is 2.01. The molecular weight excluding hydrogens is 180 g/mol. The lowest BCUT2D eigenvalue weighted by Crippen LogP contribution is -1.72. The fraction of sp³-hybridized carbons (Fsp3) is 0. The Morgan fingerprint density at radius 2 is 2.27 bits per heavy atom. The fourth-order valence-corrected chi connectivity index (χ4v) is 1.59. The number of benzene rings is 1. The Balaban J connectivity index is 2.91. The zero-order chi connectivity index (χ0) is 7.84. The molecule has 0 aliphatic rings. The zero-order valence-corrected chi connectivity index (χ0v) is 7.15. The number of aromatic nitrogens is 2. The monoisotopic (exact) mass is 184 g/mol. The molecule has 4 heteroatoms. The summed E-state index contributed by atoms with van der Waals surface area (Å²) in [5, 5.41) is 0.633. The lowest BCUT2D eigenvalue weighted by Gasteiger charge is -1.93. The molecule has 2 rings (SSSR count). The largest absolute Gasteiger partial charge is 0.345 e. The molecule has 1 aromatic heterocycles. The van der Waals surface area contributed by atoms with Gasteiger partial charge in [0.15, 0.2) is 0 Å². The number of aromatic amines is 1. The van der Waals surface area contributed by atoms with E-state index in [1.54, 1.807) is 12.4 Å². The molecule has 1 N–H and O–H groups in total. The van der Waals surface area contributed by atoms with Crippen LogP contribution in [-0.2, 0) is 0 Å². The van der Waals surface area contributed by atoms with Gasteiger partial charge in [0.05, 0.1) is 16.9 Å². The first-order valence-corrected chi connectivity index (χ1v) is 3.91. The van der Waals surface area contributed by atoms with Gasteiger partial charge in [-0.2, -0.15) is 0 Å². The van der Waals surface area contributed by atoms with E-state index >= 15 is 0 Å². The van der Waals surface area contributed by atoms with Gasteiger partial charge in [-0.05, 0) is 12.1 Å². The molecule has 0 radical (unpaired) electrons. The number of nitrogens with zero attached hydrogens (tertiary/aromatic N) is 1. The second kappa shape index (κ2) is 2.43. The molecule has 0 spiro atoms. The van der Waals surface area contributed by atoms with Crippen molar-refractivity contribution in [1.82, 2.24) is 9.97 Å². The minimum absolute atomic E-state index is 0.633. The van der Waals surface area contributed by atoms with Crippen LogP contribution in [0, 0.1) is 0 Å². The van der Waals surface area contributed by atoms with Crippen LogP contribution in [0.15, 0.2) is 23.4 Å².